The summed E-state index contributed by atoms with van der Waals surface area (Å²) in [6.45, 7) is 4.40. The van der Waals surface area contributed by atoms with Crippen molar-refractivity contribution in [2.45, 2.75) is 58.0 Å². The molecule has 3 rings (SSSR count). The summed E-state index contributed by atoms with van der Waals surface area (Å²) in [5, 5.41) is 0. The molecule has 1 heterocycles. The lowest BCUT2D eigenvalue weighted by Gasteiger charge is -2.40. The van der Waals surface area contributed by atoms with Crippen molar-refractivity contribution in [2.24, 2.45) is 5.92 Å². The van der Waals surface area contributed by atoms with Crippen molar-refractivity contribution >= 4 is 21.8 Å². The first-order valence-electron chi connectivity index (χ1n) is 7.65. The van der Waals surface area contributed by atoms with E-state index >= 15 is 0 Å². The minimum absolute atomic E-state index is 0.155. The second-order valence-corrected chi connectivity index (χ2v) is 7.31. The number of rotatable bonds is 1. The van der Waals surface area contributed by atoms with Gasteiger partial charge in [-0.15, -0.1) is 0 Å². The lowest BCUT2D eigenvalue weighted by molar-refractivity contribution is -0.141. The van der Waals surface area contributed by atoms with Crippen molar-refractivity contribution in [3.63, 3.8) is 0 Å². The average Bonchev–Trinajstić information content (AvgIpc) is 2.81. The number of hydrogen-bond donors (Lipinski definition) is 0. The quantitative estimate of drug-likeness (QED) is 0.760. The topological polar surface area (TPSA) is 20.3 Å². The first kappa shape index (κ1) is 14.1. The maximum atomic E-state index is 12.9. The monoisotopic (exact) mass is 335 g/mol. The third-order valence-corrected chi connectivity index (χ3v) is 5.39. The molecule has 1 saturated heterocycles. The Hall–Kier alpha value is -0.830. The predicted molar refractivity (Wildman–Crippen MR) is 84.7 cm³/mol. The van der Waals surface area contributed by atoms with Crippen LogP contribution in [0.15, 0.2) is 22.7 Å². The summed E-state index contributed by atoms with van der Waals surface area (Å²) < 4.78 is 1.11. The molecule has 2 nitrogen and oxygen atoms in total. The first-order chi connectivity index (χ1) is 9.56. The average molecular weight is 336 g/mol. The van der Waals surface area contributed by atoms with Gasteiger partial charge in [-0.05, 0) is 69.2 Å². The molecule has 1 fully saturated rings. The second-order valence-electron chi connectivity index (χ2n) is 6.39. The van der Waals surface area contributed by atoms with Crippen LogP contribution in [0.5, 0.6) is 0 Å². The van der Waals surface area contributed by atoms with Crippen molar-refractivity contribution in [3.8, 4) is 0 Å². The van der Waals surface area contributed by atoms with Crippen molar-refractivity contribution in [1.82, 2.24) is 4.90 Å². The van der Waals surface area contributed by atoms with Crippen molar-refractivity contribution in [1.29, 1.82) is 0 Å². The molecule has 0 spiro atoms. The Morgan fingerprint density at radius 2 is 1.80 bits per heavy atom. The molecule has 1 aliphatic carbocycles. The number of amides is 1. The Balaban J connectivity index is 1.76. The molecule has 20 heavy (non-hydrogen) atoms. The summed E-state index contributed by atoms with van der Waals surface area (Å²) in [6.07, 6.45) is 5.38. The van der Waals surface area contributed by atoms with Gasteiger partial charge in [-0.2, -0.15) is 0 Å². The van der Waals surface area contributed by atoms with E-state index in [2.05, 4.69) is 52.9 Å². The van der Waals surface area contributed by atoms with Crippen molar-refractivity contribution in [2.75, 3.05) is 0 Å². The zero-order valence-electron chi connectivity index (χ0n) is 12.2. The molecule has 1 aromatic rings. The van der Waals surface area contributed by atoms with Gasteiger partial charge in [0, 0.05) is 22.5 Å². The maximum absolute atomic E-state index is 12.9. The van der Waals surface area contributed by atoms with Gasteiger partial charge in [-0.3, -0.25) is 4.79 Å². The maximum Gasteiger partial charge on any atom is 0.226 e. The zero-order chi connectivity index (χ0) is 14.3. The summed E-state index contributed by atoms with van der Waals surface area (Å²) in [5.74, 6) is 0.527. The normalized spacial score (nSPS) is 29.4. The van der Waals surface area contributed by atoms with E-state index in [1.165, 1.54) is 17.5 Å². The van der Waals surface area contributed by atoms with Gasteiger partial charge in [-0.1, -0.05) is 22.0 Å². The largest absolute Gasteiger partial charge is 0.337 e. The lowest BCUT2D eigenvalue weighted by atomic mass is 9.94. The molecule has 3 atom stereocenters. The molecular formula is C17H22BrNO. The van der Waals surface area contributed by atoms with Gasteiger partial charge >= 0.3 is 0 Å². The molecule has 0 bridgehead atoms. The molecule has 1 aromatic carbocycles. The Labute approximate surface area is 129 Å². The number of likely N-dealkylation sites (tertiary alicyclic amines) is 1. The SMILES string of the molecule is CC1CCCC(C)N1C(=O)C1Cc2ccc(Br)cc2C1. The summed E-state index contributed by atoms with van der Waals surface area (Å²) in [5.41, 5.74) is 2.69. The highest BCUT2D eigenvalue weighted by Gasteiger charge is 2.36. The Bertz CT molecular complexity index is 518. The highest BCUT2D eigenvalue weighted by atomic mass is 79.9. The van der Waals surface area contributed by atoms with Gasteiger partial charge in [0.25, 0.3) is 0 Å². The highest BCUT2D eigenvalue weighted by Crippen LogP contribution is 2.33. The fourth-order valence-electron chi connectivity index (χ4n) is 3.83. The molecular weight excluding hydrogens is 314 g/mol. The van der Waals surface area contributed by atoms with Crippen LogP contribution in [0.4, 0.5) is 0 Å². The van der Waals surface area contributed by atoms with Crippen LogP contribution in [0.2, 0.25) is 0 Å². The molecule has 1 aliphatic heterocycles. The standard InChI is InChI=1S/C17H22BrNO/c1-11-4-3-5-12(2)19(11)17(20)15-8-13-6-7-16(18)10-14(13)9-15/h6-7,10-12,15H,3-5,8-9H2,1-2H3. The third-order valence-electron chi connectivity index (χ3n) is 4.90. The summed E-state index contributed by atoms with van der Waals surface area (Å²) in [6, 6.07) is 7.22. The van der Waals surface area contributed by atoms with E-state index < -0.39 is 0 Å². The number of nitrogens with zero attached hydrogens (tertiary/aromatic N) is 1. The van der Waals surface area contributed by atoms with Crippen molar-refractivity contribution < 1.29 is 4.79 Å². The fourth-order valence-corrected chi connectivity index (χ4v) is 4.24. The molecule has 0 N–H and O–H groups in total. The molecule has 1 amide bonds. The number of piperidine rings is 1. The predicted octanol–water partition coefficient (Wildman–Crippen LogP) is 3.95. The van der Waals surface area contributed by atoms with Gasteiger partial charge in [0.05, 0.1) is 0 Å². The van der Waals surface area contributed by atoms with Crippen LogP contribution in [0.1, 0.15) is 44.2 Å². The van der Waals surface area contributed by atoms with E-state index in [0.29, 0.717) is 18.0 Å². The van der Waals surface area contributed by atoms with Crippen LogP contribution >= 0.6 is 15.9 Å². The molecule has 3 heteroatoms. The molecule has 0 aromatic heterocycles. The van der Waals surface area contributed by atoms with Crippen LogP contribution in [-0.2, 0) is 17.6 Å². The van der Waals surface area contributed by atoms with Gasteiger partial charge in [0.15, 0.2) is 0 Å². The van der Waals surface area contributed by atoms with E-state index in [4.69, 9.17) is 0 Å². The summed E-state index contributed by atoms with van der Waals surface area (Å²) >= 11 is 3.52. The Kier molecular flexibility index (Phi) is 3.89. The van der Waals surface area contributed by atoms with Crippen LogP contribution in [0.25, 0.3) is 0 Å². The highest BCUT2D eigenvalue weighted by molar-refractivity contribution is 9.10. The molecule has 108 valence electrons. The van der Waals surface area contributed by atoms with Crippen molar-refractivity contribution in [3.05, 3.63) is 33.8 Å². The first-order valence-corrected chi connectivity index (χ1v) is 8.45. The van der Waals surface area contributed by atoms with Gasteiger partial charge in [0.1, 0.15) is 0 Å². The van der Waals surface area contributed by atoms with E-state index in [1.807, 2.05) is 0 Å². The van der Waals surface area contributed by atoms with Gasteiger partial charge in [-0.25, -0.2) is 0 Å². The van der Waals surface area contributed by atoms with Crippen LogP contribution < -0.4 is 0 Å². The Morgan fingerprint density at radius 3 is 2.50 bits per heavy atom. The Morgan fingerprint density at radius 1 is 1.15 bits per heavy atom. The van der Waals surface area contributed by atoms with E-state index in [1.54, 1.807) is 0 Å². The van der Waals surface area contributed by atoms with E-state index in [9.17, 15) is 4.79 Å². The lowest BCUT2D eigenvalue weighted by Crippen LogP contribution is -2.50. The minimum atomic E-state index is 0.155. The molecule has 2 aliphatic rings. The molecule has 3 unspecified atom stereocenters. The summed E-state index contributed by atoms with van der Waals surface area (Å²) in [4.78, 5) is 15.1. The van der Waals surface area contributed by atoms with Gasteiger partial charge in [0.2, 0.25) is 5.91 Å². The fraction of sp³-hybridized carbons (Fsp3) is 0.588. The number of carbonyl (C=O) groups excluding carboxylic acids is 1. The van der Waals surface area contributed by atoms with Crippen LogP contribution in [-0.4, -0.2) is 22.9 Å². The smallest absolute Gasteiger partial charge is 0.226 e. The van der Waals surface area contributed by atoms with Crippen LogP contribution in [0.3, 0.4) is 0 Å². The number of halogens is 1. The number of hydrogen-bond acceptors (Lipinski definition) is 1. The van der Waals surface area contributed by atoms with E-state index in [0.717, 1.165) is 30.2 Å². The second kappa shape index (κ2) is 5.51. The third kappa shape index (κ3) is 2.52. The van der Waals surface area contributed by atoms with E-state index in [-0.39, 0.29) is 5.92 Å². The van der Waals surface area contributed by atoms with Gasteiger partial charge < -0.3 is 4.90 Å². The molecule has 0 saturated carbocycles. The minimum Gasteiger partial charge on any atom is -0.337 e. The number of benzene rings is 1. The summed E-state index contributed by atoms with van der Waals surface area (Å²) in [7, 11) is 0. The number of fused-ring (bicyclic) bond motifs is 1. The molecule has 0 radical (unpaired) electrons. The number of carbonyl (C=O) groups is 1. The van der Waals surface area contributed by atoms with Crippen LogP contribution in [0, 0.1) is 5.92 Å². The zero-order valence-corrected chi connectivity index (χ0v) is 13.8.